The van der Waals surface area contributed by atoms with E-state index in [4.69, 9.17) is 9.26 Å². The maximum Gasteiger partial charge on any atom is 0.277 e. The molecule has 0 radical (unpaired) electrons. The van der Waals surface area contributed by atoms with Crippen LogP contribution in [0.3, 0.4) is 0 Å². The zero-order valence-electron chi connectivity index (χ0n) is 17.4. The summed E-state index contributed by atoms with van der Waals surface area (Å²) in [5.74, 6) is 1.12. The van der Waals surface area contributed by atoms with Crippen molar-refractivity contribution in [1.82, 2.24) is 9.72 Å². The SMILES string of the molecule is CCn1c(-c2ccc(NC(=O)c3cc(C)on3)cc2)c(NC)c2cc(OC)ccc21. The van der Waals surface area contributed by atoms with E-state index in [1.807, 2.05) is 43.4 Å². The first kappa shape index (κ1) is 19.6. The Hall–Kier alpha value is -3.74. The van der Waals surface area contributed by atoms with Crippen LogP contribution in [0.15, 0.2) is 53.1 Å². The second kappa shape index (κ2) is 7.94. The van der Waals surface area contributed by atoms with Gasteiger partial charge in [0.15, 0.2) is 5.69 Å². The van der Waals surface area contributed by atoms with Gasteiger partial charge >= 0.3 is 0 Å². The van der Waals surface area contributed by atoms with E-state index in [0.29, 0.717) is 11.4 Å². The molecule has 0 aliphatic heterocycles. The molecule has 0 aliphatic rings. The second-order valence-corrected chi connectivity index (χ2v) is 6.96. The Balaban J connectivity index is 1.70. The highest BCUT2D eigenvalue weighted by Crippen LogP contribution is 2.39. The monoisotopic (exact) mass is 404 g/mol. The fourth-order valence-electron chi connectivity index (χ4n) is 3.72. The minimum Gasteiger partial charge on any atom is -0.497 e. The van der Waals surface area contributed by atoms with Crippen LogP contribution in [0, 0.1) is 6.92 Å². The van der Waals surface area contributed by atoms with Gasteiger partial charge < -0.3 is 24.5 Å². The minimum atomic E-state index is -0.301. The predicted octanol–water partition coefficient (Wildman–Crippen LogP) is 4.93. The number of ether oxygens (including phenoxy) is 1. The molecule has 7 nitrogen and oxygen atoms in total. The van der Waals surface area contributed by atoms with Crippen molar-refractivity contribution < 1.29 is 14.1 Å². The highest BCUT2D eigenvalue weighted by molar-refractivity contribution is 6.04. The van der Waals surface area contributed by atoms with Gasteiger partial charge in [0.2, 0.25) is 0 Å². The Morgan fingerprint density at radius 3 is 2.53 bits per heavy atom. The molecule has 0 unspecified atom stereocenters. The molecular formula is C23H24N4O3. The molecule has 0 atom stereocenters. The predicted molar refractivity (Wildman–Crippen MR) is 118 cm³/mol. The van der Waals surface area contributed by atoms with Crippen molar-refractivity contribution in [2.24, 2.45) is 0 Å². The van der Waals surface area contributed by atoms with Crippen molar-refractivity contribution >= 4 is 28.2 Å². The van der Waals surface area contributed by atoms with Crippen molar-refractivity contribution in [3.05, 3.63) is 60.0 Å². The van der Waals surface area contributed by atoms with Crippen LogP contribution in [0.5, 0.6) is 5.75 Å². The first-order valence-corrected chi connectivity index (χ1v) is 9.78. The first-order chi connectivity index (χ1) is 14.5. The number of anilines is 2. The van der Waals surface area contributed by atoms with Gasteiger partial charge in [-0.2, -0.15) is 0 Å². The lowest BCUT2D eigenvalue weighted by Crippen LogP contribution is -2.12. The molecule has 4 rings (SSSR count). The summed E-state index contributed by atoms with van der Waals surface area (Å²) in [5, 5.41) is 11.1. The van der Waals surface area contributed by atoms with Crippen LogP contribution in [-0.2, 0) is 6.54 Å². The molecule has 0 aliphatic carbocycles. The Kier molecular flexibility index (Phi) is 5.18. The summed E-state index contributed by atoms with van der Waals surface area (Å²) in [5.41, 5.74) is 5.27. The smallest absolute Gasteiger partial charge is 0.277 e. The lowest BCUT2D eigenvalue weighted by atomic mass is 10.1. The van der Waals surface area contributed by atoms with Crippen molar-refractivity contribution in [2.75, 3.05) is 24.8 Å². The first-order valence-electron chi connectivity index (χ1n) is 9.78. The number of hydrogen-bond acceptors (Lipinski definition) is 5. The van der Waals surface area contributed by atoms with Gasteiger partial charge in [-0.3, -0.25) is 4.79 Å². The zero-order chi connectivity index (χ0) is 21.3. The molecule has 2 aromatic heterocycles. The third kappa shape index (κ3) is 3.39. The summed E-state index contributed by atoms with van der Waals surface area (Å²) < 4.78 is 12.6. The average Bonchev–Trinajstić information content (AvgIpc) is 3.34. The van der Waals surface area contributed by atoms with Gasteiger partial charge in [-0.1, -0.05) is 17.3 Å². The summed E-state index contributed by atoms with van der Waals surface area (Å²) in [6, 6.07) is 15.5. The molecule has 30 heavy (non-hydrogen) atoms. The molecular weight excluding hydrogens is 380 g/mol. The second-order valence-electron chi connectivity index (χ2n) is 6.96. The topological polar surface area (TPSA) is 81.3 Å². The Labute approximate surface area is 174 Å². The maximum atomic E-state index is 12.3. The van der Waals surface area contributed by atoms with Gasteiger partial charge in [-0.25, -0.2) is 0 Å². The molecule has 154 valence electrons. The zero-order valence-corrected chi connectivity index (χ0v) is 17.4. The van der Waals surface area contributed by atoms with Crippen molar-refractivity contribution in [2.45, 2.75) is 20.4 Å². The van der Waals surface area contributed by atoms with E-state index in [0.717, 1.165) is 40.1 Å². The number of carbonyl (C=O) groups excluding carboxylic acids is 1. The van der Waals surface area contributed by atoms with E-state index in [1.54, 1.807) is 20.1 Å². The number of rotatable bonds is 6. The maximum absolute atomic E-state index is 12.3. The molecule has 0 fully saturated rings. The molecule has 0 saturated heterocycles. The molecule has 4 aromatic rings. The van der Waals surface area contributed by atoms with E-state index < -0.39 is 0 Å². The lowest BCUT2D eigenvalue weighted by Gasteiger charge is -2.11. The number of benzene rings is 2. The molecule has 0 bridgehead atoms. The highest BCUT2D eigenvalue weighted by Gasteiger charge is 2.18. The molecule has 2 N–H and O–H groups in total. The van der Waals surface area contributed by atoms with Gasteiger partial charge in [-0.05, 0) is 44.2 Å². The van der Waals surface area contributed by atoms with E-state index in [9.17, 15) is 4.79 Å². The van der Waals surface area contributed by atoms with E-state index in [2.05, 4.69) is 33.3 Å². The molecule has 0 spiro atoms. The van der Waals surface area contributed by atoms with Crippen LogP contribution >= 0.6 is 0 Å². The summed E-state index contributed by atoms with van der Waals surface area (Å²) in [7, 11) is 3.59. The highest BCUT2D eigenvalue weighted by atomic mass is 16.5. The van der Waals surface area contributed by atoms with Gasteiger partial charge in [0.05, 0.1) is 24.0 Å². The minimum absolute atomic E-state index is 0.258. The Bertz CT molecular complexity index is 1210. The number of aryl methyl sites for hydroxylation is 2. The normalized spacial score (nSPS) is 10.9. The number of nitrogens with one attached hydrogen (secondary N) is 2. The fourth-order valence-corrected chi connectivity index (χ4v) is 3.72. The number of amides is 1. The van der Waals surface area contributed by atoms with Gasteiger partial charge in [-0.15, -0.1) is 0 Å². The number of hydrogen-bond donors (Lipinski definition) is 2. The fraction of sp³-hybridized carbons (Fsp3) is 0.217. The standard InChI is InChI=1S/C23H24N4O3/c1-5-27-20-11-10-17(29-4)13-18(20)21(24-3)22(27)15-6-8-16(9-7-15)25-23(28)19-12-14(2)30-26-19/h6-13,24H,5H2,1-4H3,(H,25,28). The van der Waals surface area contributed by atoms with Crippen LogP contribution in [0.1, 0.15) is 23.2 Å². The van der Waals surface area contributed by atoms with Crippen LogP contribution in [0.4, 0.5) is 11.4 Å². The molecule has 0 saturated carbocycles. The third-order valence-electron chi connectivity index (χ3n) is 5.11. The average molecular weight is 404 g/mol. The van der Waals surface area contributed by atoms with Crippen LogP contribution in [-0.4, -0.2) is 29.8 Å². The lowest BCUT2D eigenvalue weighted by molar-refractivity contribution is 0.101. The number of carbonyl (C=O) groups is 1. The summed E-state index contributed by atoms with van der Waals surface area (Å²) in [4.78, 5) is 12.3. The number of nitrogens with zero attached hydrogens (tertiary/aromatic N) is 2. The molecule has 7 heteroatoms. The van der Waals surface area contributed by atoms with E-state index in [1.165, 1.54) is 0 Å². The van der Waals surface area contributed by atoms with Crippen LogP contribution in [0.25, 0.3) is 22.2 Å². The van der Waals surface area contributed by atoms with Crippen molar-refractivity contribution in [3.63, 3.8) is 0 Å². The Morgan fingerprint density at radius 2 is 1.93 bits per heavy atom. The van der Waals surface area contributed by atoms with Gasteiger partial charge in [0, 0.05) is 36.3 Å². The van der Waals surface area contributed by atoms with Gasteiger partial charge in [0.25, 0.3) is 5.91 Å². The van der Waals surface area contributed by atoms with E-state index >= 15 is 0 Å². The number of methoxy groups -OCH3 is 1. The van der Waals surface area contributed by atoms with Crippen LogP contribution in [0.2, 0.25) is 0 Å². The number of aromatic nitrogens is 2. The molecule has 1 amide bonds. The molecule has 2 aromatic carbocycles. The summed E-state index contributed by atoms with van der Waals surface area (Å²) >= 11 is 0. The largest absolute Gasteiger partial charge is 0.497 e. The Morgan fingerprint density at radius 1 is 1.17 bits per heavy atom. The van der Waals surface area contributed by atoms with Crippen molar-refractivity contribution in [1.29, 1.82) is 0 Å². The van der Waals surface area contributed by atoms with E-state index in [-0.39, 0.29) is 11.6 Å². The summed E-state index contributed by atoms with van der Waals surface area (Å²) in [6.07, 6.45) is 0. The van der Waals surface area contributed by atoms with Gasteiger partial charge in [0.1, 0.15) is 11.5 Å². The quantitative estimate of drug-likeness (QED) is 0.476. The van der Waals surface area contributed by atoms with Crippen LogP contribution < -0.4 is 15.4 Å². The molecule has 2 heterocycles. The summed E-state index contributed by atoms with van der Waals surface area (Å²) in [6.45, 7) is 4.70. The van der Waals surface area contributed by atoms with Crippen molar-refractivity contribution in [3.8, 4) is 17.0 Å². The number of fused-ring (bicyclic) bond motifs is 1. The third-order valence-corrected chi connectivity index (χ3v) is 5.11.